The Balaban J connectivity index is 2.86. The van der Waals surface area contributed by atoms with E-state index in [4.69, 9.17) is 5.26 Å². The summed E-state index contributed by atoms with van der Waals surface area (Å²) in [5, 5.41) is 9.00. The first-order valence-electron chi connectivity index (χ1n) is 4.59. The van der Waals surface area contributed by atoms with E-state index >= 15 is 0 Å². The number of nitrogens with zero attached hydrogens (tertiary/aromatic N) is 2. The van der Waals surface area contributed by atoms with E-state index in [2.05, 4.69) is 24.9 Å². The van der Waals surface area contributed by atoms with Gasteiger partial charge in [-0.25, -0.2) is 0 Å². The van der Waals surface area contributed by atoms with Crippen LogP contribution in [0.2, 0.25) is 0 Å². The summed E-state index contributed by atoms with van der Waals surface area (Å²) in [4.78, 5) is 4.02. The van der Waals surface area contributed by atoms with Crippen LogP contribution in [0, 0.1) is 17.2 Å². The normalized spacial score (nSPS) is 14.5. The SMILES string of the molecule is CCC(C)C(C#N)c1cccnc1. The number of rotatable bonds is 3. The van der Waals surface area contributed by atoms with Gasteiger partial charge in [0, 0.05) is 12.4 Å². The molecule has 0 aliphatic rings. The predicted octanol–water partition coefficient (Wildman–Crippen LogP) is 2.73. The minimum absolute atomic E-state index is 0.0151. The second-order valence-corrected chi connectivity index (χ2v) is 3.28. The number of aromatic nitrogens is 1. The quantitative estimate of drug-likeness (QED) is 0.706. The smallest absolute Gasteiger partial charge is 0.0753 e. The highest BCUT2D eigenvalue weighted by Crippen LogP contribution is 2.24. The molecule has 0 aromatic carbocycles. The van der Waals surface area contributed by atoms with E-state index in [1.165, 1.54) is 0 Å². The molecule has 0 radical (unpaired) electrons. The van der Waals surface area contributed by atoms with E-state index in [9.17, 15) is 0 Å². The van der Waals surface area contributed by atoms with Crippen LogP contribution in [-0.2, 0) is 0 Å². The molecule has 0 saturated heterocycles. The molecule has 13 heavy (non-hydrogen) atoms. The van der Waals surface area contributed by atoms with Gasteiger partial charge in [-0.15, -0.1) is 0 Å². The zero-order valence-electron chi connectivity index (χ0n) is 8.07. The molecule has 0 saturated carbocycles. The number of hydrogen-bond donors (Lipinski definition) is 0. The van der Waals surface area contributed by atoms with Crippen LogP contribution in [0.4, 0.5) is 0 Å². The van der Waals surface area contributed by atoms with E-state index in [1.807, 2.05) is 12.1 Å². The van der Waals surface area contributed by atoms with Gasteiger partial charge in [-0.2, -0.15) is 5.26 Å². The summed E-state index contributed by atoms with van der Waals surface area (Å²) >= 11 is 0. The first kappa shape index (κ1) is 9.73. The lowest BCUT2D eigenvalue weighted by Crippen LogP contribution is -2.06. The fourth-order valence-electron chi connectivity index (χ4n) is 1.33. The van der Waals surface area contributed by atoms with Gasteiger partial charge in [0.2, 0.25) is 0 Å². The Morgan fingerprint density at radius 2 is 2.38 bits per heavy atom. The molecule has 2 nitrogen and oxygen atoms in total. The van der Waals surface area contributed by atoms with Gasteiger partial charge in [0.1, 0.15) is 0 Å². The van der Waals surface area contributed by atoms with Crippen LogP contribution in [0.5, 0.6) is 0 Å². The summed E-state index contributed by atoms with van der Waals surface area (Å²) in [5.41, 5.74) is 1.03. The Kier molecular flexibility index (Phi) is 3.45. The minimum atomic E-state index is -0.0151. The molecule has 0 spiro atoms. The molecule has 2 unspecified atom stereocenters. The Hall–Kier alpha value is -1.36. The highest BCUT2D eigenvalue weighted by molar-refractivity contribution is 5.21. The molecule has 1 aromatic heterocycles. The maximum atomic E-state index is 9.00. The van der Waals surface area contributed by atoms with Gasteiger partial charge in [0.05, 0.1) is 12.0 Å². The molecule has 0 fully saturated rings. The molecular formula is C11H14N2. The number of pyridine rings is 1. The van der Waals surface area contributed by atoms with Gasteiger partial charge in [-0.1, -0.05) is 26.3 Å². The molecule has 0 N–H and O–H groups in total. The summed E-state index contributed by atoms with van der Waals surface area (Å²) < 4.78 is 0. The second kappa shape index (κ2) is 4.61. The molecule has 0 aliphatic carbocycles. The molecule has 2 atom stereocenters. The van der Waals surface area contributed by atoms with Gasteiger partial charge in [0.15, 0.2) is 0 Å². The maximum Gasteiger partial charge on any atom is 0.0753 e. The summed E-state index contributed by atoms with van der Waals surface area (Å²) in [5.74, 6) is 0.382. The monoisotopic (exact) mass is 174 g/mol. The van der Waals surface area contributed by atoms with E-state index < -0.39 is 0 Å². The van der Waals surface area contributed by atoms with Gasteiger partial charge in [0.25, 0.3) is 0 Å². The zero-order valence-corrected chi connectivity index (χ0v) is 8.07. The Morgan fingerprint density at radius 1 is 1.62 bits per heavy atom. The average molecular weight is 174 g/mol. The van der Waals surface area contributed by atoms with Crippen LogP contribution in [0.15, 0.2) is 24.5 Å². The summed E-state index contributed by atoms with van der Waals surface area (Å²) in [6.07, 6.45) is 4.53. The van der Waals surface area contributed by atoms with Crippen LogP contribution in [0.3, 0.4) is 0 Å². The fourth-order valence-corrected chi connectivity index (χ4v) is 1.33. The van der Waals surface area contributed by atoms with Crippen LogP contribution in [0.25, 0.3) is 0 Å². The van der Waals surface area contributed by atoms with Crippen LogP contribution in [0.1, 0.15) is 31.7 Å². The molecule has 0 aliphatic heterocycles. The third-order valence-electron chi connectivity index (χ3n) is 2.40. The van der Waals surface area contributed by atoms with Crippen molar-refractivity contribution in [3.63, 3.8) is 0 Å². The van der Waals surface area contributed by atoms with Crippen molar-refractivity contribution in [2.24, 2.45) is 5.92 Å². The van der Waals surface area contributed by atoms with Crippen molar-refractivity contribution < 1.29 is 0 Å². The van der Waals surface area contributed by atoms with Crippen LogP contribution in [-0.4, -0.2) is 4.98 Å². The van der Waals surface area contributed by atoms with Gasteiger partial charge in [-0.05, 0) is 17.5 Å². The molecule has 1 rings (SSSR count). The number of nitriles is 1. The molecule has 1 heterocycles. The van der Waals surface area contributed by atoms with Gasteiger partial charge in [-0.3, -0.25) is 4.98 Å². The van der Waals surface area contributed by atoms with Crippen molar-refractivity contribution in [1.82, 2.24) is 4.98 Å². The molecule has 68 valence electrons. The largest absolute Gasteiger partial charge is 0.264 e. The van der Waals surface area contributed by atoms with Crippen molar-refractivity contribution in [2.45, 2.75) is 26.2 Å². The topological polar surface area (TPSA) is 36.7 Å². The predicted molar refractivity (Wildman–Crippen MR) is 52.0 cm³/mol. The van der Waals surface area contributed by atoms with E-state index in [0.717, 1.165) is 12.0 Å². The maximum absolute atomic E-state index is 9.00. The first-order chi connectivity index (χ1) is 6.29. The van der Waals surface area contributed by atoms with Crippen molar-refractivity contribution in [3.8, 4) is 6.07 Å². The van der Waals surface area contributed by atoms with Crippen LogP contribution < -0.4 is 0 Å². The lowest BCUT2D eigenvalue weighted by Gasteiger charge is -2.14. The molecule has 0 bridgehead atoms. The van der Waals surface area contributed by atoms with E-state index in [-0.39, 0.29) is 5.92 Å². The molecular weight excluding hydrogens is 160 g/mol. The highest BCUT2D eigenvalue weighted by Gasteiger charge is 2.16. The zero-order chi connectivity index (χ0) is 9.68. The van der Waals surface area contributed by atoms with E-state index in [1.54, 1.807) is 12.4 Å². The second-order valence-electron chi connectivity index (χ2n) is 3.28. The summed E-state index contributed by atoms with van der Waals surface area (Å²) in [6, 6.07) is 6.17. The van der Waals surface area contributed by atoms with E-state index in [0.29, 0.717) is 5.92 Å². The van der Waals surface area contributed by atoms with Crippen LogP contribution >= 0.6 is 0 Å². The Morgan fingerprint density at radius 3 is 2.85 bits per heavy atom. The Labute approximate surface area is 79.2 Å². The fraction of sp³-hybridized carbons (Fsp3) is 0.455. The average Bonchev–Trinajstić information content (AvgIpc) is 2.20. The lowest BCUT2D eigenvalue weighted by molar-refractivity contribution is 0.513. The van der Waals surface area contributed by atoms with Crippen molar-refractivity contribution >= 4 is 0 Å². The molecule has 0 amide bonds. The Bertz CT molecular complexity index is 287. The highest BCUT2D eigenvalue weighted by atomic mass is 14.6. The lowest BCUT2D eigenvalue weighted by atomic mass is 9.88. The third kappa shape index (κ3) is 2.29. The van der Waals surface area contributed by atoms with Crippen molar-refractivity contribution in [1.29, 1.82) is 5.26 Å². The standard InChI is InChI=1S/C11H14N2/c1-3-9(2)11(7-12)10-5-4-6-13-8-10/h4-6,8-9,11H,3H2,1-2H3. The van der Waals surface area contributed by atoms with Crippen molar-refractivity contribution in [3.05, 3.63) is 30.1 Å². The third-order valence-corrected chi connectivity index (χ3v) is 2.40. The summed E-state index contributed by atoms with van der Waals surface area (Å²) in [6.45, 7) is 4.20. The first-order valence-corrected chi connectivity index (χ1v) is 4.59. The minimum Gasteiger partial charge on any atom is -0.264 e. The molecule has 2 heteroatoms. The number of hydrogen-bond acceptors (Lipinski definition) is 2. The van der Waals surface area contributed by atoms with Gasteiger partial charge < -0.3 is 0 Å². The van der Waals surface area contributed by atoms with Gasteiger partial charge >= 0.3 is 0 Å². The van der Waals surface area contributed by atoms with Crippen molar-refractivity contribution in [2.75, 3.05) is 0 Å². The summed E-state index contributed by atoms with van der Waals surface area (Å²) in [7, 11) is 0. The molecule has 1 aromatic rings.